The van der Waals surface area contributed by atoms with Crippen LogP contribution in [0, 0.1) is 0 Å². The summed E-state index contributed by atoms with van der Waals surface area (Å²) in [5.74, 6) is -0.540. The van der Waals surface area contributed by atoms with Crippen molar-refractivity contribution in [1.82, 2.24) is 5.32 Å². The van der Waals surface area contributed by atoms with E-state index in [0.717, 1.165) is 83.5 Å². The maximum atomic E-state index is 13.5. The van der Waals surface area contributed by atoms with Crippen molar-refractivity contribution in [1.29, 1.82) is 0 Å². The van der Waals surface area contributed by atoms with Gasteiger partial charge in [0, 0.05) is 12.8 Å². The number of nitrogens with zero attached hydrogens (tertiary/aromatic N) is 1. The number of quaternary nitrogens is 1. The molecule has 0 spiro atoms. The minimum Gasteiger partial charge on any atom is -0.756 e. The average Bonchev–Trinajstić information content (AvgIpc) is 3.38. The molecule has 1 amide bonds. The maximum Gasteiger partial charge on any atom is 0.306 e. The summed E-state index contributed by atoms with van der Waals surface area (Å²) in [6, 6.07) is -0.890. The molecule has 1 N–H and O–H groups in total. The van der Waals surface area contributed by atoms with Crippen LogP contribution in [-0.2, 0) is 27.9 Å². The van der Waals surface area contributed by atoms with Crippen LogP contribution >= 0.6 is 7.82 Å². The molecular weight excluding hydrogens is 964 g/mol. The highest BCUT2D eigenvalue weighted by Gasteiger charge is 2.27. The molecule has 0 radical (unpaired) electrons. The van der Waals surface area contributed by atoms with E-state index in [0.29, 0.717) is 17.4 Å². The third-order valence-corrected chi connectivity index (χ3v) is 15.8. The van der Waals surface area contributed by atoms with Crippen molar-refractivity contribution in [2.24, 2.45) is 0 Å². The van der Waals surface area contributed by atoms with E-state index in [1.54, 1.807) is 0 Å². The van der Waals surface area contributed by atoms with Gasteiger partial charge in [0.15, 0.2) is 0 Å². The SMILES string of the molecule is CCCCC/C=C/C=C/CCCCCCCCC(=O)NC(COP(=O)([O-])OCC[N+](C)(C)C)C(/C=C\CCCCCCCCCCCC)OC(=O)CCCCCCCCCCCCCCCCCCCCCCCCC. The molecule has 0 rings (SSSR count). The molecule has 448 valence electrons. The fourth-order valence-corrected chi connectivity index (χ4v) is 10.5. The van der Waals surface area contributed by atoms with Crippen molar-refractivity contribution < 1.29 is 37.3 Å². The lowest BCUT2D eigenvalue weighted by molar-refractivity contribution is -0.870. The number of allylic oxidation sites excluding steroid dienone is 5. The van der Waals surface area contributed by atoms with Crippen LogP contribution in [0.4, 0.5) is 0 Å². The summed E-state index contributed by atoms with van der Waals surface area (Å²) in [7, 11) is 1.19. The summed E-state index contributed by atoms with van der Waals surface area (Å²) in [6.45, 7) is 6.84. The van der Waals surface area contributed by atoms with E-state index < -0.39 is 20.0 Å². The quantitative estimate of drug-likeness (QED) is 0.0161. The fraction of sp³-hybridized carbons (Fsp3) is 0.879. The van der Waals surface area contributed by atoms with Gasteiger partial charge in [0.1, 0.15) is 19.3 Å². The molecule has 0 aromatic heterocycles. The van der Waals surface area contributed by atoms with Crippen LogP contribution in [0.3, 0.4) is 0 Å². The molecule has 10 heteroatoms. The van der Waals surface area contributed by atoms with Crippen LogP contribution in [0.15, 0.2) is 36.5 Å². The van der Waals surface area contributed by atoms with Crippen LogP contribution in [-0.4, -0.2) is 69.4 Å². The first-order valence-corrected chi connectivity index (χ1v) is 34.3. The highest BCUT2D eigenvalue weighted by atomic mass is 31.2. The molecule has 0 aliphatic heterocycles. The Morgan fingerprint density at radius 2 is 0.789 bits per heavy atom. The van der Waals surface area contributed by atoms with Crippen molar-refractivity contribution in [2.45, 2.75) is 335 Å². The van der Waals surface area contributed by atoms with Gasteiger partial charge in [0.2, 0.25) is 5.91 Å². The number of phosphoric ester groups is 1. The third-order valence-electron chi connectivity index (χ3n) is 14.9. The molecule has 9 nitrogen and oxygen atoms in total. The predicted molar refractivity (Wildman–Crippen MR) is 326 cm³/mol. The Hall–Kier alpha value is -1.77. The number of ether oxygens (including phenoxy) is 1. The van der Waals surface area contributed by atoms with Crippen molar-refractivity contribution in [2.75, 3.05) is 40.9 Å². The number of likely N-dealkylation sites (N-methyl/N-ethyl adjacent to an activating group) is 1. The summed E-state index contributed by atoms with van der Waals surface area (Å²) in [4.78, 5) is 40.0. The first kappa shape index (κ1) is 74.2. The van der Waals surface area contributed by atoms with Crippen LogP contribution in [0.2, 0.25) is 0 Å². The lowest BCUT2D eigenvalue weighted by Gasteiger charge is -2.30. The number of unbranched alkanes of at least 4 members (excludes halogenated alkanes) is 41. The standard InChI is InChI=1S/C66H127N2O7P/c1-7-10-13-16-19-22-25-28-30-31-32-33-34-35-36-37-39-41-44-47-50-53-56-59-66(70)75-64(57-54-51-48-45-42-27-24-21-18-15-12-9-3)63(62-74-76(71,72)73-61-60-68(4,5)6)67-65(69)58-55-52-49-46-43-40-38-29-26-23-20-17-14-11-8-2/h20,23,26,29,54,57,63-64H,7-19,21-22,24-25,27-28,30-53,55-56,58-62H2,1-6H3,(H-,67,69,71,72)/b23-20+,29-26+,57-54-. The first-order valence-electron chi connectivity index (χ1n) is 32.8. The molecule has 0 saturated carbocycles. The zero-order valence-corrected chi connectivity index (χ0v) is 52.1. The van der Waals surface area contributed by atoms with Gasteiger partial charge < -0.3 is 28.5 Å². The second-order valence-electron chi connectivity index (χ2n) is 23.7. The number of carbonyl (C=O) groups excluding carboxylic acids is 2. The van der Waals surface area contributed by atoms with Crippen LogP contribution in [0.1, 0.15) is 323 Å². The highest BCUT2D eigenvalue weighted by molar-refractivity contribution is 7.45. The van der Waals surface area contributed by atoms with Gasteiger partial charge in [-0.15, -0.1) is 0 Å². The first-order chi connectivity index (χ1) is 36.9. The number of hydrogen-bond acceptors (Lipinski definition) is 7. The van der Waals surface area contributed by atoms with Gasteiger partial charge in [-0.05, 0) is 57.4 Å². The Labute approximate surface area is 472 Å². The average molecular weight is 1090 g/mol. The van der Waals surface area contributed by atoms with Gasteiger partial charge in [-0.25, -0.2) is 0 Å². The Morgan fingerprint density at radius 1 is 0.461 bits per heavy atom. The zero-order chi connectivity index (χ0) is 55.7. The Balaban J connectivity index is 5.11. The Morgan fingerprint density at radius 3 is 1.18 bits per heavy atom. The Bertz CT molecular complexity index is 1400. The van der Waals surface area contributed by atoms with Crippen molar-refractivity contribution in [3.8, 4) is 0 Å². The van der Waals surface area contributed by atoms with E-state index in [2.05, 4.69) is 50.4 Å². The molecule has 3 unspecified atom stereocenters. The number of esters is 1. The lowest BCUT2D eigenvalue weighted by Crippen LogP contribution is -2.47. The molecule has 3 atom stereocenters. The van der Waals surface area contributed by atoms with E-state index >= 15 is 0 Å². The smallest absolute Gasteiger partial charge is 0.306 e. The fourth-order valence-electron chi connectivity index (χ4n) is 9.75. The number of amides is 1. The van der Waals surface area contributed by atoms with Crippen LogP contribution < -0.4 is 10.2 Å². The second-order valence-corrected chi connectivity index (χ2v) is 25.1. The molecule has 0 saturated heterocycles. The summed E-state index contributed by atoms with van der Waals surface area (Å²) >= 11 is 0. The monoisotopic (exact) mass is 1090 g/mol. The number of phosphoric acid groups is 1. The topological polar surface area (TPSA) is 114 Å². The lowest BCUT2D eigenvalue weighted by atomic mass is 10.0. The Kier molecular flexibility index (Phi) is 55.2. The molecule has 0 aliphatic carbocycles. The third kappa shape index (κ3) is 56.9. The zero-order valence-electron chi connectivity index (χ0n) is 51.2. The van der Waals surface area contributed by atoms with Crippen LogP contribution in [0.25, 0.3) is 0 Å². The highest BCUT2D eigenvalue weighted by Crippen LogP contribution is 2.38. The van der Waals surface area contributed by atoms with Gasteiger partial charge in [-0.1, -0.05) is 289 Å². The minimum atomic E-state index is -4.70. The largest absolute Gasteiger partial charge is 0.756 e. The van der Waals surface area contributed by atoms with Gasteiger partial charge in [0.05, 0.1) is 33.8 Å². The van der Waals surface area contributed by atoms with E-state index in [1.807, 2.05) is 33.3 Å². The summed E-state index contributed by atoms with van der Waals surface area (Å²) < 4.78 is 30.3. The van der Waals surface area contributed by atoms with Gasteiger partial charge >= 0.3 is 5.97 Å². The summed E-state index contributed by atoms with van der Waals surface area (Å²) in [5.41, 5.74) is 0. The van der Waals surface area contributed by atoms with Crippen LogP contribution in [0.5, 0.6) is 0 Å². The van der Waals surface area contributed by atoms with E-state index in [9.17, 15) is 19.0 Å². The van der Waals surface area contributed by atoms with Crippen molar-refractivity contribution in [3.63, 3.8) is 0 Å². The second kappa shape index (κ2) is 56.5. The number of rotatable bonds is 60. The molecule has 0 aromatic carbocycles. The molecule has 0 heterocycles. The summed E-state index contributed by atoms with van der Waals surface area (Å²) in [6.07, 6.45) is 68.3. The summed E-state index contributed by atoms with van der Waals surface area (Å²) in [5, 5.41) is 3.03. The van der Waals surface area contributed by atoms with E-state index in [-0.39, 0.29) is 31.5 Å². The molecule has 0 fully saturated rings. The normalized spacial score (nSPS) is 13.8. The van der Waals surface area contributed by atoms with Crippen molar-refractivity contribution >= 4 is 19.7 Å². The van der Waals surface area contributed by atoms with E-state index in [4.69, 9.17) is 13.8 Å². The van der Waals surface area contributed by atoms with Gasteiger partial charge in [0.25, 0.3) is 7.82 Å². The number of nitrogens with one attached hydrogen (secondary N) is 1. The number of carbonyl (C=O) groups is 2. The number of hydrogen-bond donors (Lipinski definition) is 1. The molecule has 0 bridgehead atoms. The maximum absolute atomic E-state index is 13.5. The molecule has 0 aromatic rings. The molecule has 0 aliphatic rings. The predicted octanol–water partition coefficient (Wildman–Crippen LogP) is 19.7. The van der Waals surface area contributed by atoms with Gasteiger partial charge in [-0.2, -0.15) is 0 Å². The minimum absolute atomic E-state index is 0.0225. The van der Waals surface area contributed by atoms with Crippen molar-refractivity contribution in [3.05, 3.63) is 36.5 Å². The molecule has 76 heavy (non-hydrogen) atoms. The van der Waals surface area contributed by atoms with Gasteiger partial charge in [-0.3, -0.25) is 14.2 Å². The molecular formula is C66H127N2O7P. The van der Waals surface area contributed by atoms with E-state index in [1.165, 1.54) is 205 Å².